The number of carbonyl (C=O) groups is 1. The first-order valence-corrected chi connectivity index (χ1v) is 13.4. The molecule has 0 saturated carbocycles. The van der Waals surface area contributed by atoms with Crippen LogP contribution in [0.25, 0.3) is 0 Å². The predicted molar refractivity (Wildman–Crippen MR) is 120 cm³/mol. The number of aliphatic hydroxyl groups excluding tert-OH is 7. The van der Waals surface area contributed by atoms with Crippen molar-refractivity contribution in [2.24, 2.45) is 0 Å². The van der Waals surface area contributed by atoms with Crippen molar-refractivity contribution in [2.75, 3.05) is 13.2 Å². The Morgan fingerprint density at radius 1 is 0.872 bits per heavy atom. The van der Waals surface area contributed by atoms with Crippen molar-refractivity contribution < 1.29 is 81.4 Å². The van der Waals surface area contributed by atoms with Crippen molar-refractivity contribution in [1.29, 1.82) is 0 Å². The summed E-state index contributed by atoms with van der Waals surface area (Å²) in [6.07, 6.45) is -21.1. The monoisotopic (exact) mass is 593 g/mol. The molecule has 0 aliphatic carbocycles. The standard InChI is InChI=1S/C20H35NO17S/c1-6-3-8(25)12(26)19(33-6)37-16-11(21-7(2)24)18(29)34-10(5-23)15(16)36-20-14(28)17(38-39(30,31)32)13(27)9(4-22)35-20/h6,8-20,22-23,25-29H,3-5H2,1-2H3,(H,21,24)(H,30,31,32)/t6-,8+,9+,10+,11+,12-,13-,14+,15+,16+,17-,18+,19-,20-/m0/s1. The highest BCUT2D eigenvalue weighted by molar-refractivity contribution is 7.80. The molecule has 3 aliphatic rings. The number of amides is 1. The molecule has 0 bridgehead atoms. The Balaban J connectivity index is 1.96. The van der Waals surface area contributed by atoms with E-state index in [2.05, 4.69) is 9.50 Å². The highest BCUT2D eigenvalue weighted by Gasteiger charge is 2.54. The fraction of sp³-hybridized carbons (Fsp3) is 0.950. The number of hydrogen-bond donors (Lipinski definition) is 9. The van der Waals surface area contributed by atoms with Gasteiger partial charge in [0.25, 0.3) is 0 Å². The number of aliphatic hydroxyl groups is 7. The van der Waals surface area contributed by atoms with Gasteiger partial charge in [-0.05, 0) is 6.92 Å². The third-order valence-corrected chi connectivity index (χ3v) is 6.93. The molecule has 19 heteroatoms. The molecular formula is C20H35NO17S. The normalized spacial score (nSPS) is 45.6. The van der Waals surface area contributed by atoms with Crippen LogP contribution < -0.4 is 5.32 Å². The molecule has 18 nitrogen and oxygen atoms in total. The molecule has 1 amide bonds. The second-order valence-electron chi connectivity index (χ2n) is 9.48. The maximum Gasteiger partial charge on any atom is 0.397 e. The summed E-state index contributed by atoms with van der Waals surface area (Å²) < 4.78 is 63.8. The molecule has 0 aromatic rings. The van der Waals surface area contributed by atoms with E-state index in [1.807, 2.05) is 0 Å². The highest BCUT2D eigenvalue weighted by atomic mass is 32.3. The van der Waals surface area contributed by atoms with Gasteiger partial charge in [0.05, 0.1) is 25.4 Å². The van der Waals surface area contributed by atoms with E-state index < -0.39 is 115 Å². The minimum atomic E-state index is -5.22. The molecule has 0 radical (unpaired) electrons. The van der Waals surface area contributed by atoms with Gasteiger partial charge in [-0.25, -0.2) is 4.18 Å². The van der Waals surface area contributed by atoms with Crippen molar-refractivity contribution >= 4 is 16.3 Å². The smallest absolute Gasteiger partial charge is 0.394 e. The highest BCUT2D eigenvalue weighted by Crippen LogP contribution is 2.33. The van der Waals surface area contributed by atoms with Gasteiger partial charge in [-0.15, -0.1) is 0 Å². The Morgan fingerprint density at radius 3 is 2.03 bits per heavy atom. The lowest BCUT2D eigenvalue weighted by atomic mass is 9.94. The Hall–Kier alpha value is -1.14. The average molecular weight is 594 g/mol. The second-order valence-corrected chi connectivity index (χ2v) is 10.5. The van der Waals surface area contributed by atoms with Crippen LogP contribution >= 0.6 is 0 Å². The summed E-state index contributed by atoms with van der Waals surface area (Å²) in [5.74, 6) is -0.671. The summed E-state index contributed by atoms with van der Waals surface area (Å²) in [4.78, 5) is 11.9. The molecule has 0 aromatic heterocycles. The molecule has 3 saturated heterocycles. The van der Waals surface area contributed by atoms with Crippen molar-refractivity contribution in [1.82, 2.24) is 5.32 Å². The summed E-state index contributed by atoms with van der Waals surface area (Å²) >= 11 is 0. The van der Waals surface area contributed by atoms with Gasteiger partial charge in [-0.3, -0.25) is 9.35 Å². The second kappa shape index (κ2) is 13.2. The molecule has 9 N–H and O–H groups in total. The number of carbonyl (C=O) groups excluding carboxylic acids is 1. The SMILES string of the molecule is CC(=O)N[C@@H]1[C@@H](O[C@@H]2O[C@@H](C)C[C@@H](O)[C@@H]2O)[C@H](O[C@@H]2O[C@H](CO)[C@H](O)[C@H](OS(=O)(=O)O)[C@H]2O)[C@@H](CO)O[C@H]1O. The zero-order valence-electron chi connectivity index (χ0n) is 20.9. The maximum atomic E-state index is 11.9. The van der Waals surface area contributed by atoms with Gasteiger partial charge in [0.2, 0.25) is 5.91 Å². The van der Waals surface area contributed by atoms with Crippen LogP contribution in [0.3, 0.4) is 0 Å². The first-order chi connectivity index (χ1) is 18.2. The Morgan fingerprint density at radius 2 is 1.46 bits per heavy atom. The molecule has 3 rings (SSSR count). The lowest BCUT2D eigenvalue weighted by molar-refractivity contribution is -0.365. The number of ether oxygens (including phenoxy) is 5. The van der Waals surface area contributed by atoms with Gasteiger partial charge in [-0.1, -0.05) is 0 Å². The minimum Gasteiger partial charge on any atom is -0.394 e. The molecule has 0 unspecified atom stereocenters. The summed E-state index contributed by atoms with van der Waals surface area (Å²) in [6.45, 7) is 0.923. The molecule has 0 aromatic carbocycles. The van der Waals surface area contributed by atoms with E-state index in [1.54, 1.807) is 6.92 Å². The van der Waals surface area contributed by atoms with Crippen LogP contribution in [0.2, 0.25) is 0 Å². The molecule has 39 heavy (non-hydrogen) atoms. The molecule has 228 valence electrons. The lowest BCUT2D eigenvalue weighted by Gasteiger charge is -2.49. The molecule has 14 atom stereocenters. The van der Waals surface area contributed by atoms with Gasteiger partial charge in [-0.2, -0.15) is 8.42 Å². The van der Waals surface area contributed by atoms with E-state index in [0.29, 0.717) is 0 Å². The van der Waals surface area contributed by atoms with Crippen LogP contribution in [0.15, 0.2) is 0 Å². The number of hydrogen-bond acceptors (Lipinski definition) is 16. The van der Waals surface area contributed by atoms with E-state index in [9.17, 15) is 49.0 Å². The van der Waals surface area contributed by atoms with Crippen LogP contribution in [-0.4, -0.2) is 154 Å². The molecule has 3 fully saturated rings. The summed E-state index contributed by atoms with van der Waals surface area (Å²) in [5.41, 5.74) is 0. The van der Waals surface area contributed by atoms with Gasteiger partial charge in [0.1, 0.15) is 54.9 Å². The Kier molecular flexibility index (Phi) is 11.0. The largest absolute Gasteiger partial charge is 0.397 e. The third-order valence-electron chi connectivity index (χ3n) is 6.47. The quantitative estimate of drug-likeness (QED) is 0.113. The Bertz CT molecular complexity index is 924. The Labute approximate surface area is 222 Å². The van der Waals surface area contributed by atoms with Crippen molar-refractivity contribution in [3.63, 3.8) is 0 Å². The van der Waals surface area contributed by atoms with Crippen LogP contribution in [0, 0.1) is 0 Å². The van der Waals surface area contributed by atoms with Crippen molar-refractivity contribution in [2.45, 2.75) is 106 Å². The van der Waals surface area contributed by atoms with E-state index in [0.717, 1.165) is 6.92 Å². The fourth-order valence-corrected chi connectivity index (χ4v) is 5.16. The van der Waals surface area contributed by atoms with E-state index in [1.165, 1.54) is 0 Å². The predicted octanol–water partition coefficient (Wildman–Crippen LogP) is -5.55. The van der Waals surface area contributed by atoms with Gasteiger partial charge >= 0.3 is 10.4 Å². The maximum absolute atomic E-state index is 11.9. The van der Waals surface area contributed by atoms with Crippen molar-refractivity contribution in [3.05, 3.63) is 0 Å². The third kappa shape index (κ3) is 7.78. The van der Waals surface area contributed by atoms with Crippen molar-refractivity contribution in [3.8, 4) is 0 Å². The van der Waals surface area contributed by atoms with Crippen LogP contribution in [0.1, 0.15) is 20.3 Å². The fourth-order valence-electron chi connectivity index (χ4n) is 4.65. The molecule has 3 heterocycles. The number of nitrogens with one attached hydrogen (secondary N) is 1. The van der Waals surface area contributed by atoms with E-state index in [4.69, 9.17) is 28.2 Å². The molecular weight excluding hydrogens is 558 g/mol. The topological polar surface area (TPSA) is 280 Å². The van der Waals surface area contributed by atoms with Crippen LogP contribution in [0.5, 0.6) is 0 Å². The van der Waals surface area contributed by atoms with Gasteiger partial charge in [0.15, 0.2) is 18.9 Å². The first kappa shape index (κ1) is 32.4. The number of rotatable bonds is 9. The molecule has 0 spiro atoms. The zero-order valence-corrected chi connectivity index (χ0v) is 21.7. The van der Waals surface area contributed by atoms with Crippen LogP contribution in [0.4, 0.5) is 0 Å². The summed E-state index contributed by atoms with van der Waals surface area (Å²) in [6, 6.07) is -1.45. The average Bonchev–Trinajstić information content (AvgIpc) is 2.83. The summed E-state index contributed by atoms with van der Waals surface area (Å²) in [7, 11) is -5.22. The van der Waals surface area contributed by atoms with E-state index in [-0.39, 0.29) is 6.42 Å². The van der Waals surface area contributed by atoms with Gasteiger partial charge < -0.3 is 64.7 Å². The van der Waals surface area contributed by atoms with Crippen LogP contribution in [-0.2, 0) is 43.1 Å². The molecule has 3 aliphatic heterocycles. The minimum absolute atomic E-state index is 0.0634. The van der Waals surface area contributed by atoms with Gasteiger partial charge in [0, 0.05) is 13.3 Å². The van der Waals surface area contributed by atoms with E-state index >= 15 is 0 Å². The zero-order chi connectivity index (χ0) is 29.2. The first-order valence-electron chi connectivity index (χ1n) is 12.0. The summed E-state index contributed by atoms with van der Waals surface area (Å²) in [5, 5.41) is 74.0. The lowest BCUT2D eigenvalue weighted by Crippen LogP contribution is -2.69.